The summed E-state index contributed by atoms with van der Waals surface area (Å²) in [5.41, 5.74) is 0.625. The van der Waals surface area contributed by atoms with Gasteiger partial charge in [0.15, 0.2) is 0 Å². The first-order chi connectivity index (χ1) is 9.22. The molecule has 0 N–H and O–H groups in total. The minimum absolute atomic E-state index is 0.0175. The van der Waals surface area contributed by atoms with Gasteiger partial charge in [-0.2, -0.15) is 0 Å². The summed E-state index contributed by atoms with van der Waals surface area (Å²) in [6, 6.07) is 7.35. The van der Waals surface area contributed by atoms with Gasteiger partial charge in [-0.05, 0) is 30.9 Å². The van der Waals surface area contributed by atoms with Crippen LogP contribution in [0.2, 0.25) is 0 Å². The van der Waals surface area contributed by atoms with Crippen LogP contribution in [0.3, 0.4) is 0 Å². The molecule has 0 aliphatic carbocycles. The number of carbonyl (C=O) groups is 1. The predicted molar refractivity (Wildman–Crippen MR) is 73.5 cm³/mol. The smallest absolute Gasteiger partial charge is 0.257 e. The van der Waals surface area contributed by atoms with Gasteiger partial charge >= 0.3 is 0 Å². The highest BCUT2D eigenvalue weighted by atomic mass is 16.5. The Kier molecular flexibility index (Phi) is 4.80. The predicted octanol–water partition coefficient (Wildman–Crippen LogP) is 2.19. The molecular formula is C15H21NO3. The highest BCUT2D eigenvalue weighted by Crippen LogP contribution is 2.21. The van der Waals surface area contributed by atoms with Gasteiger partial charge in [-0.1, -0.05) is 12.1 Å². The van der Waals surface area contributed by atoms with E-state index in [9.17, 15) is 4.79 Å². The van der Waals surface area contributed by atoms with Crippen LogP contribution in [0.4, 0.5) is 0 Å². The highest BCUT2D eigenvalue weighted by Gasteiger charge is 2.21. The zero-order valence-electron chi connectivity index (χ0n) is 11.6. The number of hydrogen-bond acceptors (Lipinski definition) is 3. The summed E-state index contributed by atoms with van der Waals surface area (Å²) in [4.78, 5) is 14.2. The van der Waals surface area contributed by atoms with Crippen LogP contribution in [0.5, 0.6) is 5.75 Å². The maximum Gasteiger partial charge on any atom is 0.257 e. The second kappa shape index (κ2) is 6.57. The van der Waals surface area contributed by atoms with Gasteiger partial charge in [-0.15, -0.1) is 0 Å². The van der Waals surface area contributed by atoms with Crippen molar-refractivity contribution in [3.63, 3.8) is 0 Å². The molecule has 1 aromatic carbocycles. The van der Waals surface area contributed by atoms with Crippen LogP contribution < -0.4 is 4.74 Å². The fourth-order valence-electron chi connectivity index (χ4n) is 2.43. The number of amides is 1. The van der Waals surface area contributed by atoms with Crippen molar-refractivity contribution >= 4 is 5.91 Å². The number of nitrogens with zero attached hydrogens (tertiary/aromatic N) is 1. The van der Waals surface area contributed by atoms with Crippen molar-refractivity contribution in [2.75, 3.05) is 33.9 Å². The minimum Gasteiger partial charge on any atom is -0.496 e. The molecule has 1 amide bonds. The Labute approximate surface area is 114 Å². The van der Waals surface area contributed by atoms with E-state index >= 15 is 0 Å². The summed E-state index contributed by atoms with van der Waals surface area (Å²) in [5.74, 6) is 1.19. The first kappa shape index (κ1) is 13.9. The average Bonchev–Trinajstić information content (AvgIpc) is 2.47. The summed E-state index contributed by atoms with van der Waals surface area (Å²) in [7, 11) is 3.44. The van der Waals surface area contributed by atoms with E-state index in [1.165, 1.54) is 0 Å². The highest BCUT2D eigenvalue weighted by molar-refractivity contribution is 5.96. The largest absolute Gasteiger partial charge is 0.496 e. The van der Waals surface area contributed by atoms with Crippen molar-refractivity contribution < 1.29 is 14.3 Å². The lowest BCUT2D eigenvalue weighted by atomic mass is 9.99. The van der Waals surface area contributed by atoms with Gasteiger partial charge in [0.1, 0.15) is 5.75 Å². The molecule has 104 valence electrons. The number of benzene rings is 1. The summed E-state index contributed by atoms with van der Waals surface area (Å²) < 4.78 is 10.6. The van der Waals surface area contributed by atoms with Crippen LogP contribution >= 0.6 is 0 Å². The van der Waals surface area contributed by atoms with Crippen molar-refractivity contribution in [2.24, 2.45) is 5.92 Å². The van der Waals surface area contributed by atoms with Crippen LogP contribution in [0.25, 0.3) is 0 Å². The molecule has 1 aliphatic rings. The van der Waals surface area contributed by atoms with Crippen molar-refractivity contribution in [3.05, 3.63) is 29.8 Å². The van der Waals surface area contributed by atoms with Gasteiger partial charge in [0.25, 0.3) is 5.91 Å². The van der Waals surface area contributed by atoms with Gasteiger partial charge in [-0.3, -0.25) is 4.79 Å². The zero-order chi connectivity index (χ0) is 13.7. The van der Waals surface area contributed by atoms with E-state index in [1.54, 1.807) is 12.0 Å². The number of rotatable bonds is 4. The molecular weight excluding hydrogens is 242 g/mol. The van der Waals surface area contributed by atoms with Crippen LogP contribution in [-0.2, 0) is 4.74 Å². The molecule has 0 atom stereocenters. The Balaban J connectivity index is 2.01. The quantitative estimate of drug-likeness (QED) is 0.836. The maximum atomic E-state index is 12.4. The lowest BCUT2D eigenvalue weighted by Gasteiger charge is -2.27. The molecule has 1 aliphatic heterocycles. The first-order valence-electron chi connectivity index (χ1n) is 6.68. The van der Waals surface area contributed by atoms with Crippen LogP contribution in [0, 0.1) is 5.92 Å². The molecule has 0 spiro atoms. The fourth-order valence-corrected chi connectivity index (χ4v) is 2.43. The fraction of sp³-hybridized carbons (Fsp3) is 0.533. The lowest BCUT2D eigenvalue weighted by molar-refractivity contribution is 0.0496. The summed E-state index contributed by atoms with van der Waals surface area (Å²) in [6.07, 6.45) is 2.06. The third kappa shape index (κ3) is 3.47. The zero-order valence-corrected chi connectivity index (χ0v) is 11.6. The monoisotopic (exact) mass is 263 g/mol. The van der Waals surface area contributed by atoms with Gasteiger partial charge in [0.05, 0.1) is 12.7 Å². The van der Waals surface area contributed by atoms with E-state index < -0.39 is 0 Å². The molecule has 19 heavy (non-hydrogen) atoms. The van der Waals surface area contributed by atoms with Crippen molar-refractivity contribution in [1.29, 1.82) is 0 Å². The number of methoxy groups -OCH3 is 1. The molecule has 4 heteroatoms. The van der Waals surface area contributed by atoms with E-state index in [-0.39, 0.29) is 5.91 Å². The van der Waals surface area contributed by atoms with E-state index in [1.807, 2.05) is 31.3 Å². The Morgan fingerprint density at radius 1 is 1.37 bits per heavy atom. The Hall–Kier alpha value is -1.55. The molecule has 1 saturated heterocycles. The number of ether oxygens (including phenoxy) is 2. The Morgan fingerprint density at radius 3 is 2.74 bits per heavy atom. The van der Waals surface area contributed by atoms with Crippen LogP contribution in [-0.4, -0.2) is 44.7 Å². The Morgan fingerprint density at radius 2 is 2.05 bits per heavy atom. The van der Waals surface area contributed by atoms with Gasteiger partial charge in [0, 0.05) is 26.8 Å². The van der Waals surface area contributed by atoms with Gasteiger partial charge in [0.2, 0.25) is 0 Å². The Bertz CT molecular complexity index is 427. The third-order valence-corrected chi connectivity index (χ3v) is 3.56. The van der Waals surface area contributed by atoms with Crippen molar-refractivity contribution in [3.8, 4) is 5.75 Å². The molecule has 1 aromatic rings. The maximum absolute atomic E-state index is 12.4. The standard InChI is InChI=1S/C15H21NO3/c1-16(11-12-7-9-19-10-8-12)15(17)13-5-3-4-6-14(13)18-2/h3-6,12H,7-11H2,1-2H3. The first-order valence-corrected chi connectivity index (χ1v) is 6.68. The topological polar surface area (TPSA) is 38.8 Å². The second-order valence-electron chi connectivity index (χ2n) is 4.94. The van der Waals surface area contributed by atoms with E-state index in [0.29, 0.717) is 17.2 Å². The summed E-state index contributed by atoms with van der Waals surface area (Å²) in [5, 5.41) is 0. The normalized spacial score (nSPS) is 16.1. The molecule has 1 fully saturated rings. The van der Waals surface area contributed by atoms with Gasteiger partial charge in [-0.25, -0.2) is 0 Å². The van der Waals surface area contributed by atoms with E-state index in [0.717, 1.165) is 32.6 Å². The minimum atomic E-state index is 0.0175. The molecule has 0 aromatic heterocycles. The summed E-state index contributed by atoms with van der Waals surface area (Å²) >= 11 is 0. The lowest BCUT2D eigenvalue weighted by Crippen LogP contribution is -2.34. The van der Waals surface area contributed by atoms with Crippen LogP contribution in [0.15, 0.2) is 24.3 Å². The molecule has 4 nitrogen and oxygen atoms in total. The van der Waals surface area contributed by atoms with E-state index in [4.69, 9.17) is 9.47 Å². The van der Waals surface area contributed by atoms with Crippen molar-refractivity contribution in [1.82, 2.24) is 4.90 Å². The average molecular weight is 263 g/mol. The number of para-hydroxylation sites is 1. The number of carbonyl (C=O) groups excluding carboxylic acids is 1. The molecule has 1 heterocycles. The molecule has 2 rings (SSSR count). The molecule has 0 saturated carbocycles. The SMILES string of the molecule is COc1ccccc1C(=O)N(C)CC1CCOCC1. The molecule has 0 bridgehead atoms. The second-order valence-corrected chi connectivity index (χ2v) is 4.94. The third-order valence-electron chi connectivity index (χ3n) is 3.56. The summed E-state index contributed by atoms with van der Waals surface area (Å²) in [6.45, 7) is 2.39. The number of hydrogen-bond donors (Lipinski definition) is 0. The molecule has 0 radical (unpaired) electrons. The van der Waals surface area contributed by atoms with Crippen LogP contribution in [0.1, 0.15) is 23.2 Å². The van der Waals surface area contributed by atoms with Crippen molar-refractivity contribution in [2.45, 2.75) is 12.8 Å². The molecule has 0 unspecified atom stereocenters. The van der Waals surface area contributed by atoms with E-state index in [2.05, 4.69) is 0 Å². The van der Waals surface area contributed by atoms with Gasteiger partial charge < -0.3 is 14.4 Å².